The molecular weight excluding hydrogens is 153 g/mol. The van der Waals surface area contributed by atoms with E-state index in [4.69, 9.17) is 4.74 Å². The Kier molecular flexibility index (Phi) is 6.24. The van der Waals surface area contributed by atoms with Crippen molar-refractivity contribution in [2.75, 3.05) is 13.1 Å². The van der Waals surface area contributed by atoms with Gasteiger partial charge in [0, 0.05) is 6.92 Å². The molecule has 0 aliphatic carbocycles. The van der Waals surface area contributed by atoms with Crippen molar-refractivity contribution in [3.05, 3.63) is 0 Å². The summed E-state index contributed by atoms with van der Waals surface area (Å²) in [4.78, 5) is 10.5. The van der Waals surface area contributed by atoms with Gasteiger partial charge >= 0.3 is 35.5 Å². The van der Waals surface area contributed by atoms with E-state index in [-0.39, 0.29) is 43.1 Å². The molecule has 1 aliphatic heterocycles. The van der Waals surface area contributed by atoms with E-state index in [2.05, 4.69) is 5.32 Å². The first kappa shape index (κ1) is 11.4. The molecule has 3 nitrogen and oxygen atoms in total. The van der Waals surface area contributed by atoms with Crippen molar-refractivity contribution in [2.45, 2.75) is 25.9 Å². The number of carbonyl (C=O) groups excluding carboxylic acids is 1. The zero-order chi connectivity index (χ0) is 7.40. The number of nitrogens with one attached hydrogen (secondary N) is 1. The van der Waals surface area contributed by atoms with Gasteiger partial charge < -0.3 is 11.5 Å². The van der Waals surface area contributed by atoms with Crippen LogP contribution < -0.4 is 34.9 Å². The van der Waals surface area contributed by atoms with Gasteiger partial charge in [-0.05, 0) is 25.9 Å². The number of ether oxygens (including phenoxy) is 1. The number of carbonyl (C=O) groups is 1. The van der Waals surface area contributed by atoms with Crippen LogP contribution in [0.3, 0.4) is 0 Å². The average molecular weight is 167 g/mol. The van der Waals surface area contributed by atoms with Crippen LogP contribution in [0.5, 0.6) is 0 Å². The summed E-state index contributed by atoms with van der Waals surface area (Å²) in [5.41, 5.74) is 0. The molecular formula is C7H14NNaO2. The number of esters is 1. The van der Waals surface area contributed by atoms with Crippen molar-refractivity contribution in [1.82, 2.24) is 5.32 Å². The fraction of sp³-hybridized carbons (Fsp3) is 0.857. The van der Waals surface area contributed by atoms with E-state index in [0.717, 1.165) is 25.9 Å². The molecule has 1 saturated heterocycles. The number of piperidine rings is 1. The Labute approximate surface area is 90.6 Å². The van der Waals surface area contributed by atoms with Crippen molar-refractivity contribution in [2.24, 2.45) is 0 Å². The zero-order valence-corrected chi connectivity index (χ0v) is 9.22. The third kappa shape index (κ3) is 4.80. The average Bonchev–Trinajstić information content (AvgIpc) is 1.88. The molecule has 0 amide bonds. The first-order chi connectivity index (χ1) is 4.79. The predicted molar refractivity (Wildman–Crippen MR) is 38.8 cm³/mol. The van der Waals surface area contributed by atoms with E-state index in [0.29, 0.717) is 0 Å². The zero-order valence-electron chi connectivity index (χ0n) is 8.22. The normalized spacial score (nSPS) is 18.6. The van der Waals surface area contributed by atoms with Crippen LogP contribution in [0, 0.1) is 0 Å². The van der Waals surface area contributed by atoms with Crippen LogP contribution in [0.1, 0.15) is 21.2 Å². The molecule has 1 fully saturated rings. The van der Waals surface area contributed by atoms with E-state index in [1.165, 1.54) is 6.92 Å². The Morgan fingerprint density at radius 1 is 1.55 bits per heavy atom. The first-order valence-corrected chi connectivity index (χ1v) is 3.67. The molecule has 0 atom stereocenters. The van der Waals surface area contributed by atoms with Crippen molar-refractivity contribution in [3.8, 4) is 0 Å². The third-order valence-electron chi connectivity index (χ3n) is 1.62. The molecule has 0 bridgehead atoms. The third-order valence-corrected chi connectivity index (χ3v) is 1.62. The molecule has 60 valence electrons. The Morgan fingerprint density at radius 3 is 2.55 bits per heavy atom. The van der Waals surface area contributed by atoms with Crippen molar-refractivity contribution < 1.29 is 40.5 Å². The van der Waals surface area contributed by atoms with Crippen LogP contribution >= 0.6 is 0 Å². The minimum atomic E-state index is -0.160. The second-order valence-corrected chi connectivity index (χ2v) is 2.56. The molecule has 4 heteroatoms. The first-order valence-electron chi connectivity index (χ1n) is 3.67. The summed E-state index contributed by atoms with van der Waals surface area (Å²) in [6.45, 7) is 3.40. The monoisotopic (exact) mass is 167 g/mol. The van der Waals surface area contributed by atoms with Crippen LogP contribution in [0.25, 0.3) is 0 Å². The molecule has 0 saturated carbocycles. The van der Waals surface area contributed by atoms with E-state index >= 15 is 0 Å². The summed E-state index contributed by atoms with van der Waals surface area (Å²) in [6.07, 6.45) is 2.08. The molecule has 0 aromatic heterocycles. The van der Waals surface area contributed by atoms with Gasteiger partial charge in [0.25, 0.3) is 0 Å². The Hall–Kier alpha value is 0.430. The molecule has 0 aromatic rings. The van der Waals surface area contributed by atoms with E-state index in [1.807, 2.05) is 0 Å². The molecule has 1 rings (SSSR count). The summed E-state index contributed by atoms with van der Waals surface area (Å²) < 4.78 is 5.01. The van der Waals surface area contributed by atoms with Gasteiger partial charge in [-0.15, -0.1) is 0 Å². The van der Waals surface area contributed by atoms with Gasteiger partial charge in [0.1, 0.15) is 6.10 Å². The second-order valence-electron chi connectivity index (χ2n) is 2.56. The standard InChI is InChI=1S/C7H13NO2.Na.H/c1-6(9)10-7-2-4-8-5-3-7;;/h7-8H,2-5H2,1H3;;/q;+1;-1. The van der Waals surface area contributed by atoms with Gasteiger partial charge in [0.15, 0.2) is 0 Å². The summed E-state index contributed by atoms with van der Waals surface area (Å²) in [5.74, 6) is -0.160. The fourth-order valence-electron chi connectivity index (χ4n) is 1.15. The summed E-state index contributed by atoms with van der Waals surface area (Å²) in [6, 6.07) is 0. The number of hydrogen-bond donors (Lipinski definition) is 1. The van der Waals surface area contributed by atoms with Crippen molar-refractivity contribution >= 4 is 5.97 Å². The van der Waals surface area contributed by atoms with Crippen LogP contribution in [0.15, 0.2) is 0 Å². The maximum absolute atomic E-state index is 10.5. The molecule has 1 heterocycles. The molecule has 1 aliphatic rings. The van der Waals surface area contributed by atoms with Crippen LogP contribution in [0.2, 0.25) is 0 Å². The smallest absolute Gasteiger partial charge is 1.00 e. The summed E-state index contributed by atoms with van der Waals surface area (Å²) in [7, 11) is 0. The molecule has 0 radical (unpaired) electrons. The van der Waals surface area contributed by atoms with Gasteiger partial charge in [0.2, 0.25) is 0 Å². The Balaban J connectivity index is 0. The minimum Gasteiger partial charge on any atom is -1.00 e. The maximum Gasteiger partial charge on any atom is 1.00 e. The van der Waals surface area contributed by atoms with E-state index < -0.39 is 0 Å². The number of rotatable bonds is 1. The summed E-state index contributed by atoms with van der Waals surface area (Å²) >= 11 is 0. The number of hydrogen-bond acceptors (Lipinski definition) is 3. The van der Waals surface area contributed by atoms with Gasteiger partial charge in [-0.25, -0.2) is 0 Å². The van der Waals surface area contributed by atoms with Gasteiger partial charge in [0.05, 0.1) is 0 Å². The predicted octanol–water partition coefficient (Wildman–Crippen LogP) is -2.58. The topological polar surface area (TPSA) is 38.3 Å². The quantitative estimate of drug-likeness (QED) is 0.344. The molecule has 0 unspecified atom stereocenters. The van der Waals surface area contributed by atoms with Gasteiger partial charge in [-0.2, -0.15) is 0 Å². The van der Waals surface area contributed by atoms with E-state index in [9.17, 15) is 4.79 Å². The second kappa shape index (κ2) is 6.00. The van der Waals surface area contributed by atoms with Gasteiger partial charge in [-0.1, -0.05) is 0 Å². The Morgan fingerprint density at radius 2 is 2.09 bits per heavy atom. The van der Waals surface area contributed by atoms with Crippen molar-refractivity contribution in [3.63, 3.8) is 0 Å². The molecule has 0 spiro atoms. The van der Waals surface area contributed by atoms with Gasteiger partial charge in [-0.3, -0.25) is 4.79 Å². The van der Waals surface area contributed by atoms with E-state index in [1.54, 1.807) is 0 Å². The SMILES string of the molecule is CC(=O)OC1CCNCC1.[H-].[Na+]. The largest absolute Gasteiger partial charge is 1.00 e. The molecule has 0 aromatic carbocycles. The van der Waals surface area contributed by atoms with Crippen LogP contribution in [0.4, 0.5) is 0 Å². The minimum absolute atomic E-state index is 0. The van der Waals surface area contributed by atoms with Crippen molar-refractivity contribution in [1.29, 1.82) is 0 Å². The molecule has 11 heavy (non-hydrogen) atoms. The van der Waals surface area contributed by atoms with Crippen LogP contribution in [-0.4, -0.2) is 25.2 Å². The summed E-state index contributed by atoms with van der Waals surface area (Å²) in [5, 5.41) is 3.20. The molecule has 1 N–H and O–H groups in total. The van der Waals surface area contributed by atoms with Crippen LogP contribution in [-0.2, 0) is 9.53 Å². The maximum atomic E-state index is 10.5. The Bertz CT molecular complexity index is 129. The fourth-order valence-corrected chi connectivity index (χ4v) is 1.15.